The van der Waals surface area contributed by atoms with Gasteiger partial charge in [-0.15, -0.1) is 11.3 Å². The monoisotopic (exact) mass is 310 g/mol. The number of nitrogens with zero attached hydrogens (tertiary/aromatic N) is 3. The Balaban J connectivity index is 1.64. The van der Waals surface area contributed by atoms with Crippen molar-refractivity contribution in [3.8, 4) is 0 Å². The lowest BCUT2D eigenvalue weighted by atomic mass is 10.0. The van der Waals surface area contributed by atoms with Crippen molar-refractivity contribution >= 4 is 27.4 Å². The van der Waals surface area contributed by atoms with Gasteiger partial charge in [0.2, 0.25) is 0 Å². The quantitative estimate of drug-likeness (QED) is 0.795. The van der Waals surface area contributed by atoms with Crippen LogP contribution in [0.3, 0.4) is 0 Å². The molecule has 1 aliphatic carbocycles. The maximum atomic E-state index is 4.62. The molecule has 5 heteroatoms. The summed E-state index contributed by atoms with van der Waals surface area (Å²) >= 11 is 1.68. The molecule has 3 aromatic heterocycles. The first-order valence-electron chi connectivity index (χ1n) is 7.56. The minimum Gasteiger partial charge on any atom is -0.368 e. The fourth-order valence-corrected chi connectivity index (χ4v) is 3.89. The summed E-state index contributed by atoms with van der Waals surface area (Å²) in [5.41, 5.74) is 2.60. The number of aromatic nitrogens is 3. The molecule has 0 unspecified atom stereocenters. The molecule has 1 N–H and O–H groups in total. The van der Waals surface area contributed by atoms with Crippen molar-refractivity contribution < 1.29 is 0 Å². The van der Waals surface area contributed by atoms with Gasteiger partial charge in [-0.2, -0.15) is 0 Å². The number of hydrogen-bond donors (Lipinski definition) is 1. The third kappa shape index (κ3) is 2.25. The molecule has 4 rings (SSSR count). The van der Waals surface area contributed by atoms with E-state index >= 15 is 0 Å². The summed E-state index contributed by atoms with van der Waals surface area (Å²) in [6.45, 7) is 4.95. The van der Waals surface area contributed by atoms with Crippen LogP contribution in [-0.2, 0) is 5.41 Å². The number of fused-ring (bicyclic) bond motifs is 1. The van der Waals surface area contributed by atoms with E-state index in [1.165, 1.54) is 24.1 Å². The van der Waals surface area contributed by atoms with E-state index in [4.69, 9.17) is 0 Å². The zero-order chi connectivity index (χ0) is 15.2. The summed E-state index contributed by atoms with van der Waals surface area (Å²) < 4.78 is 0. The van der Waals surface area contributed by atoms with Crippen LogP contribution in [0.4, 0.5) is 5.82 Å². The molecule has 0 aliphatic heterocycles. The zero-order valence-corrected chi connectivity index (χ0v) is 13.6. The van der Waals surface area contributed by atoms with Crippen molar-refractivity contribution in [1.29, 1.82) is 0 Å². The van der Waals surface area contributed by atoms with Gasteiger partial charge in [-0.25, -0.2) is 9.97 Å². The van der Waals surface area contributed by atoms with Gasteiger partial charge in [0.05, 0.1) is 5.39 Å². The first-order chi connectivity index (χ1) is 10.7. The molecule has 0 amide bonds. The predicted octanol–water partition coefficient (Wildman–Crippen LogP) is 3.85. The lowest BCUT2D eigenvalue weighted by Crippen LogP contribution is -2.21. The van der Waals surface area contributed by atoms with Gasteiger partial charge in [0, 0.05) is 23.9 Å². The Kier molecular flexibility index (Phi) is 3.11. The van der Waals surface area contributed by atoms with Crippen molar-refractivity contribution in [3.63, 3.8) is 0 Å². The summed E-state index contributed by atoms with van der Waals surface area (Å²) in [4.78, 5) is 14.8. The van der Waals surface area contributed by atoms with Crippen LogP contribution in [-0.4, -0.2) is 21.5 Å². The number of thiophene rings is 1. The van der Waals surface area contributed by atoms with Gasteiger partial charge >= 0.3 is 0 Å². The van der Waals surface area contributed by atoms with Crippen molar-refractivity contribution in [2.75, 3.05) is 11.9 Å². The van der Waals surface area contributed by atoms with Crippen LogP contribution in [0, 0.1) is 13.8 Å². The van der Waals surface area contributed by atoms with Gasteiger partial charge < -0.3 is 5.32 Å². The number of pyridine rings is 1. The van der Waals surface area contributed by atoms with E-state index in [0.29, 0.717) is 0 Å². The number of nitrogens with one attached hydrogen (secondary N) is 1. The molecule has 112 valence electrons. The highest BCUT2D eigenvalue weighted by Crippen LogP contribution is 2.47. The molecule has 3 heterocycles. The van der Waals surface area contributed by atoms with E-state index in [-0.39, 0.29) is 5.41 Å². The summed E-state index contributed by atoms with van der Waals surface area (Å²) in [5.74, 6) is 1.78. The van der Waals surface area contributed by atoms with Crippen molar-refractivity contribution in [2.24, 2.45) is 0 Å². The Morgan fingerprint density at radius 1 is 1.23 bits per heavy atom. The highest BCUT2D eigenvalue weighted by Gasteiger charge is 2.45. The molecule has 1 saturated carbocycles. The Labute approximate surface area is 133 Å². The smallest absolute Gasteiger partial charge is 0.138 e. The fourth-order valence-electron chi connectivity index (χ4n) is 2.92. The number of aryl methyl sites for hydroxylation is 2. The first-order valence-corrected chi connectivity index (χ1v) is 8.44. The zero-order valence-electron chi connectivity index (χ0n) is 12.8. The second kappa shape index (κ2) is 5.02. The van der Waals surface area contributed by atoms with Gasteiger partial charge in [-0.1, -0.05) is 6.07 Å². The second-order valence-electron chi connectivity index (χ2n) is 6.07. The maximum absolute atomic E-state index is 4.62. The molecule has 22 heavy (non-hydrogen) atoms. The van der Waals surface area contributed by atoms with Crippen LogP contribution in [0.2, 0.25) is 0 Å². The fraction of sp³-hybridized carbons (Fsp3) is 0.353. The van der Waals surface area contributed by atoms with E-state index in [9.17, 15) is 0 Å². The van der Waals surface area contributed by atoms with E-state index in [0.717, 1.165) is 28.4 Å². The van der Waals surface area contributed by atoms with Crippen LogP contribution >= 0.6 is 11.3 Å². The average molecular weight is 310 g/mol. The molecule has 0 spiro atoms. The molecule has 1 fully saturated rings. The largest absolute Gasteiger partial charge is 0.368 e. The van der Waals surface area contributed by atoms with Crippen LogP contribution < -0.4 is 5.32 Å². The molecular weight excluding hydrogens is 292 g/mol. The topological polar surface area (TPSA) is 50.7 Å². The SMILES string of the molecule is Cc1nc(NCC2(c3ccccn3)CC2)c2c(C)csc2n1. The molecule has 4 nitrogen and oxygen atoms in total. The van der Waals surface area contributed by atoms with Crippen LogP contribution in [0.15, 0.2) is 29.8 Å². The second-order valence-corrected chi connectivity index (χ2v) is 6.93. The normalized spacial score (nSPS) is 15.9. The molecule has 1 aliphatic rings. The lowest BCUT2D eigenvalue weighted by Gasteiger charge is -2.16. The Bertz CT molecular complexity index is 821. The highest BCUT2D eigenvalue weighted by atomic mass is 32.1. The average Bonchev–Trinajstić information content (AvgIpc) is 3.24. The molecule has 0 aromatic carbocycles. The van der Waals surface area contributed by atoms with Gasteiger partial charge in [0.15, 0.2) is 0 Å². The minimum atomic E-state index is 0.177. The van der Waals surface area contributed by atoms with E-state index in [1.54, 1.807) is 11.3 Å². The van der Waals surface area contributed by atoms with E-state index in [1.807, 2.05) is 19.2 Å². The Morgan fingerprint density at radius 3 is 2.82 bits per heavy atom. The van der Waals surface area contributed by atoms with Crippen LogP contribution in [0.5, 0.6) is 0 Å². The Morgan fingerprint density at radius 2 is 2.09 bits per heavy atom. The third-order valence-corrected chi connectivity index (χ3v) is 5.38. The molecule has 3 aromatic rings. The maximum Gasteiger partial charge on any atom is 0.138 e. The van der Waals surface area contributed by atoms with Crippen molar-refractivity contribution in [1.82, 2.24) is 15.0 Å². The van der Waals surface area contributed by atoms with E-state index < -0.39 is 0 Å². The number of rotatable bonds is 4. The number of anilines is 1. The van der Waals surface area contributed by atoms with Gasteiger partial charge in [-0.3, -0.25) is 4.98 Å². The van der Waals surface area contributed by atoms with E-state index in [2.05, 4.69) is 44.7 Å². The van der Waals surface area contributed by atoms with Gasteiger partial charge in [0.25, 0.3) is 0 Å². The Hall–Kier alpha value is -2.01. The lowest BCUT2D eigenvalue weighted by molar-refractivity contribution is 0.701. The number of hydrogen-bond acceptors (Lipinski definition) is 5. The van der Waals surface area contributed by atoms with Crippen LogP contribution in [0.25, 0.3) is 10.2 Å². The molecule has 0 saturated heterocycles. The van der Waals surface area contributed by atoms with Crippen molar-refractivity contribution in [3.05, 3.63) is 46.9 Å². The summed E-state index contributed by atoms with van der Waals surface area (Å²) in [5, 5.41) is 6.88. The molecule has 0 atom stereocenters. The predicted molar refractivity (Wildman–Crippen MR) is 90.5 cm³/mol. The summed E-state index contributed by atoms with van der Waals surface area (Å²) in [6.07, 6.45) is 4.26. The summed E-state index contributed by atoms with van der Waals surface area (Å²) in [7, 11) is 0. The van der Waals surface area contributed by atoms with Crippen LogP contribution in [0.1, 0.15) is 29.9 Å². The summed E-state index contributed by atoms with van der Waals surface area (Å²) in [6, 6.07) is 6.17. The van der Waals surface area contributed by atoms with Gasteiger partial charge in [0.1, 0.15) is 16.5 Å². The van der Waals surface area contributed by atoms with Gasteiger partial charge in [-0.05, 0) is 49.8 Å². The van der Waals surface area contributed by atoms with Crippen molar-refractivity contribution in [2.45, 2.75) is 32.1 Å². The minimum absolute atomic E-state index is 0.177. The molecular formula is C17H18N4S. The highest BCUT2D eigenvalue weighted by molar-refractivity contribution is 7.17. The molecule has 0 radical (unpaired) electrons. The third-order valence-electron chi connectivity index (χ3n) is 4.39. The molecule has 0 bridgehead atoms. The standard InChI is InChI=1S/C17H18N4S/c1-11-9-22-16-14(11)15(20-12(2)21-16)19-10-17(6-7-17)13-5-3-4-8-18-13/h3-5,8-9H,6-7,10H2,1-2H3,(H,19,20,21). The first kappa shape index (κ1) is 13.6.